The number of aromatic nitrogens is 3. The van der Waals surface area contributed by atoms with Gasteiger partial charge < -0.3 is 19.4 Å². The minimum Gasteiger partial charge on any atom is -0.493 e. The normalized spacial score (nSPS) is 11.8. The number of amides is 1. The Morgan fingerprint density at radius 1 is 1.38 bits per heavy atom. The summed E-state index contributed by atoms with van der Waals surface area (Å²) in [5, 5.41) is 4.89. The molecular formula is C18H20N4O3S. The maximum absolute atomic E-state index is 12.5. The number of methoxy groups -OCH3 is 1. The molecule has 7 nitrogen and oxygen atoms in total. The number of hydrogen-bond acceptors (Lipinski definition) is 6. The van der Waals surface area contributed by atoms with Crippen LogP contribution in [-0.2, 0) is 13.2 Å². The number of imidazole rings is 1. The quantitative estimate of drug-likeness (QED) is 0.658. The predicted octanol–water partition coefficient (Wildman–Crippen LogP) is 2.75. The van der Waals surface area contributed by atoms with E-state index in [2.05, 4.69) is 15.3 Å². The third-order valence-electron chi connectivity index (χ3n) is 3.71. The van der Waals surface area contributed by atoms with Gasteiger partial charge in [-0.25, -0.2) is 9.97 Å². The van der Waals surface area contributed by atoms with Crippen molar-refractivity contribution >= 4 is 17.2 Å². The van der Waals surface area contributed by atoms with Crippen molar-refractivity contribution in [3.63, 3.8) is 0 Å². The van der Waals surface area contributed by atoms with Gasteiger partial charge in [0.05, 0.1) is 24.6 Å². The number of thiazole rings is 1. The number of ether oxygens (including phenoxy) is 2. The first-order valence-electron chi connectivity index (χ1n) is 8.10. The molecule has 0 saturated heterocycles. The van der Waals surface area contributed by atoms with Crippen LogP contribution >= 0.6 is 11.3 Å². The van der Waals surface area contributed by atoms with Gasteiger partial charge in [0.2, 0.25) is 0 Å². The van der Waals surface area contributed by atoms with Crippen LogP contribution in [0.4, 0.5) is 0 Å². The minimum absolute atomic E-state index is 0.0386. The van der Waals surface area contributed by atoms with Crippen molar-refractivity contribution in [3.05, 3.63) is 59.1 Å². The Morgan fingerprint density at radius 3 is 2.96 bits per heavy atom. The third-order valence-corrected chi connectivity index (χ3v) is 4.34. The largest absolute Gasteiger partial charge is 0.493 e. The molecule has 26 heavy (non-hydrogen) atoms. The topological polar surface area (TPSA) is 78.3 Å². The van der Waals surface area contributed by atoms with Crippen LogP contribution in [0.1, 0.15) is 23.0 Å². The third kappa shape index (κ3) is 4.60. The van der Waals surface area contributed by atoms with E-state index < -0.39 is 0 Å². The fourth-order valence-electron chi connectivity index (χ4n) is 2.45. The van der Waals surface area contributed by atoms with E-state index in [1.165, 1.54) is 11.3 Å². The molecule has 0 aliphatic carbocycles. The van der Waals surface area contributed by atoms with Crippen molar-refractivity contribution < 1.29 is 14.3 Å². The predicted molar refractivity (Wildman–Crippen MR) is 98.6 cm³/mol. The summed E-state index contributed by atoms with van der Waals surface area (Å²) in [7, 11) is 1.55. The molecule has 3 rings (SSSR count). The number of carbonyl (C=O) groups excluding carboxylic acids is 1. The molecular weight excluding hydrogens is 352 g/mol. The van der Waals surface area contributed by atoms with Crippen LogP contribution in [0.5, 0.6) is 11.5 Å². The zero-order valence-corrected chi connectivity index (χ0v) is 15.4. The zero-order chi connectivity index (χ0) is 18.4. The van der Waals surface area contributed by atoms with Gasteiger partial charge in [-0.15, -0.1) is 11.3 Å². The second-order valence-corrected chi connectivity index (χ2v) is 6.49. The summed E-state index contributed by atoms with van der Waals surface area (Å²) in [5.74, 6) is 0.917. The lowest BCUT2D eigenvalue weighted by atomic mass is 10.1. The number of benzene rings is 1. The first-order valence-corrected chi connectivity index (χ1v) is 9.04. The Bertz CT molecular complexity index is 834. The fraction of sp³-hybridized carbons (Fsp3) is 0.278. The van der Waals surface area contributed by atoms with Crippen LogP contribution in [0.15, 0.2) is 47.8 Å². The number of nitrogens with zero attached hydrogens (tertiary/aromatic N) is 3. The van der Waals surface area contributed by atoms with Gasteiger partial charge in [0.15, 0.2) is 11.5 Å². The highest BCUT2D eigenvalue weighted by atomic mass is 32.1. The zero-order valence-electron chi connectivity index (χ0n) is 14.6. The van der Waals surface area contributed by atoms with Crippen LogP contribution in [0, 0.1) is 0 Å². The number of nitrogens with one attached hydrogen (secondary N) is 1. The molecule has 0 bridgehead atoms. The maximum atomic E-state index is 12.5. The van der Waals surface area contributed by atoms with Crippen LogP contribution in [0.25, 0.3) is 0 Å². The highest BCUT2D eigenvalue weighted by molar-refractivity contribution is 7.07. The summed E-state index contributed by atoms with van der Waals surface area (Å²) < 4.78 is 13.0. The Hall–Kier alpha value is -2.87. The van der Waals surface area contributed by atoms with E-state index in [1.807, 2.05) is 23.1 Å². The van der Waals surface area contributed by atoms with Gasteiger partial charge in [-0.3, -0.25) is 4.79 Å². The molecule has 0 unspecified atom stereocenters. The van der Waals surface area contributed by atoms with Crippen molar-refractivity contribution in [1.29, 1.82) is 0 Å². The molecule has 0 aliphatic rings. The Kier molecular flexibility index (Phi) is 5.85. The average Bonchev–Trinajstić information content (AvgIpc) is 3.33. The highest BCUT2D eigenvalue weighted by Crippen LogP contribution is 2.28. The average molecular weight is 372 g/mol. The molecule has 1 aromatic carbocycles. The number of hydrogen-bond donors (Lipinski definition) is 1. The van der Waals surface area contributed by atoms with Crippen LogP contribution in [-0.4, -0.2) is 33.6 Å². The van der Waals surface area contributed by atoms with Crippen molar-refractivity contribution in [2.24, 2.45) is 0 Å². The van der Waals surface area contributed by atoms with E-state index in [0.29, 0.717) is 30.2 Å². The first kappa shape index (κ1) is 17.9. The molecule has 0 aliphatic heterocycles. The molecule has 3 aromatic rings. The van der Waals surface area contributed by atoms with Gasteiger partial charge in [-0.2, -0.15) is 0 Å². The van der Waals surface area contributed by atoms with Gasteiger partial charge >= 0.3 is 0 Å². The molecule has 1 atom stereocenters. The van der Waals surface area contributed by atoms with Gasteiger partial charge in [-0.05, 0) is 25.1 Å². The van der Waals surface area contributed by atoms with Gasteiger partial charge in [0, 0.05) is 35.9 Å². The molecule has 0 spiro atoms. The van der Waals surface area contributed by atoms with Gasteiger partial charge in [-0.1, -0.05) is 0 Å². The van der Waals surface area contributed by atoms with Crippen molar-refractivity contribution in [1.82, 2.24) is 19.9 Å². The molecule has 0 fully saturated rings. The lowest BCUT2D eigenvalue weighted by Gasteiger charge is -2.16. The van der Waals surface area contributed by atoms with E-state index >= 15 is 0 Å². The number of carbonyl (C=O) groups is 1. The molecule has 0 saturated carbocycles. The fourth-order valence-corrected chi connectivity index (χ4v) is 3.00. The lowest BCUT2D eigenvalue weighted by Crippen LogP contribution is -2.35. The number of rotatable bonds is 8. The van der Waals surface area contributed by atoms with E-state index in [1.54, 1.807) is 43.3 Å². The summed E-state index contributed by atoms with van der Waals surface area (Å²) in [6.45, 7) is 2.95. The van der Waals surface area contributed by atoms with Crippen LogP contribution in [0.2, 0.25) is 0 Å². The molecule has 8 heteroatoms. The molecule has 0 radical (unpaired) electrons. The Labute approximate surface area is 155 Å². The Balaban J connectivity index is 1.62. The summed E-state index contributed by atoms with van der Waals surface area (Å²) in [6, 6.07) is 5.09. The van der Waals surface area contributed by atoms with Crippen LogP contribution < -0.4 is 14.8 Å². The minimum atomic E-state index is -0.165. The second kappa shape index (κ2) is 8.48. The van der Waals surface area contributed by atoms with Crippen molar-refractivity contribution in [2.45, 2.75) is 26.1 Å². The van der Waals surface area contributed by atoms with Gasteiger partial charge in [0.25, 0.3) is 5.91 Å². The summed E-state index contributed by atoms with van der Waals surface area (Å²) in [6.07, 6.45) is 5.30. The van der Waals surface area contributed by atoms with E-state index in [-0.39, 0.29) is 11.9 Å². The summed E-state index contributed by atoms with van der Waals surface area (Å²) >= 11 is 1.52. The summed E-state index contributed by atoms with van der Waals surface area (Å²) in [5.41, 5.74) is 3.13. The maximum Gasteiger partial charge on any atom is 0.251 e. The van der Waals surface area contributed by atoms with Crippen LogP contribution in [0.3, 0.4) is 0 Å². The van der Waals surface area contributed by atoms with Crippen molar-refractivity contribution in [2.75, 3.05) is 7.11 Å². The summed E-state index contributed by atoms with van der Waals surface area (Å²) in [4.78, 5) is 20.6. The highest BCUT2D eigenvalue weighted by Gasteiger charge is 2.14. The lowest BCUT2D eigenvalue weighted by molar-refractivity contribution is 0.0936. The first-order chi connectivity index (χ1) is 12.7. The molecule has 1 amide bonds. The van der Waals surface area contributed by atoms with E-state index in [9.17, 15) is 4.79 Å². The SMILES string of the molecule is COc1cc(C(=O)N[C@@H](C)Cn2ccnc2)ccc1OCc1cscn1. The standard InChI is InChI=1S/C18H20N4O3S/c1-13(8-22-6-5-19-11-22)21-18(23)14-3-4-16(17(7-14)24-2)25-9-15-10-26-12-20-15/h3-7,10-13H,8-9H2,1-2H3,(H,21,23)/t13-/m0/s1. The van der Waals surface area contributed by atoms with Crippen molar-refractivity contribution in [3.8, 4) is 11.5 Å². The second-order valence-electron chi connectivity index (χ2n) is 5.77. The molecule has 2 heterocycles. The van der Waals surface area contributed by atoms with Gasteiger partial charge in [0.1, 0.15) is 6.61 Å². The van der Waals surface area contributed by atoms with E-state index in [4.69, 9.17) is 9.47 Å². The molecule has 136 valence electrons. The molecule has 2 aromatic heterocycles. The molecule has 1 N–H and O–H groups in total. The smallest absolute Gasteiger partial charge is 0.251 e. The monoisotopic (exact) mass is 372 g/mol. The van der Waals surface area contributed by atoms with E-state index in [0.717, 1.165) is 5.69 Å². The Morgan fingerprint density at radius 2 is 2.27 bits per heavy atom.